The number of hydrogen-bond acceptors (Lipinski definition) is 5. The molecule has 2 atom stereocenters. The van der Waals surface area contributed by atoms with Crippen molar-refractivity contribution in [1.82, 2.24) is 14.8 Å². The van der Waals surface area contributed by atoms with Gasteiger partial charge in [-0.25, -0.2) is 0 Å². The number of fused-ring (bicyclic) bond motifs is 4. The summed E-state index contributed by atoms with van der Waals surface area (Å²) in [7, 11) is 3.14. The molecule has 0 radical (unpaired) electrons. The maximum atomic E-state index is 13.9. The van der Waals surface area contributed by atoms with E-state index in [2.05, 4.69) is 5.32 Å². The van der Waals surface area contributed by atoms with E-state index in [1.165, 1.54) is 7.11 Å². The number of ether oxygens (including phenoxy) is 2. The second-order valence-electron chi connectivity index (χ2n) is 9.78. The number of para-hydroxylation sites is 1. The third-order valence-electron chi connectivity index (χ3n) is 7.26. The van der Waals surface area contributed by atoms with Gasteiger partial charge in [0.1, 0.15) is 17.2 Å². The lowest BCUT2D eigenvalue weighted by Crippen LogP contribution is -2.50. The van der Waals surface area contributed by atoms with Gasteiger partial charge >= 0.3 is 0 Å². The molecule has 2 unspecified atom stereocenters. The summed E-state index contributed by atoms with van der Waals surface area (Å²) in [5, 5.41) is 2.83. The van der Waals surface area contributed by atoms with Crippen molar-refractivity contribution in [1.29, 1.82) is 0 Å². The van der Waals surface area contributed by atoms with Crippen LogP contribution in [0.25, 0.3) is 6.08 Å². The number of carbonyl (C=O) groups excluding carboxylic acids is 2. The highest BCUT2D eigenvalue weighted by Crippen LogP contribution is 2.35. The number of nitrogens with zero attached hydrogens (tertiary/aromatic N) is 2. The Bertz CT molecular complexity index is 1510. The van der Waals surface area contributed by atoms with Crippen LogP contribution in [0.2, 0.25) is 0 Å². The highest BCUT2D eigenvalue weighted by Gasteiger charge is 2.37. The normalized spacial score (nSPS) is 18.4. The van der Waals surface area contributed by atoms with Crippen LogP contribution in [-0.2, 0) is 11.3 Å². The lowest BCUT2D eigenvalue weighted by molar-refractivity contribution is -0.130. The van der Waals surface area contributed by atoms with Crippen molar-refractivity contribution in [3.8, 4) is 11.5 Å². The largest absolute Gasteiger partial charge is 0.497 e. The van der Waals surface area contributed by atoms with Crippen LogP contribution in [0.15, 0.2) is 89.4 Å². The molecule has 39 heavy (non-hydrogen) atoms. The molecular weight excluding hydrogens is 494 g/mol. The Hall–Kier alpha value is -4.59. The van der Waals surface area contributed by atoms with Gasteiger partial charge in [-0.05, 0) is 48.7 Å². The molecule has 8 heteroatoms. The Kier molecular flexibility index (Phi) is 7.63. The first-order valence-corrected chi connectivity index (χ1v) is 12.9. The number of nitrogens with one attached hydrogen (secondary N) is 1. The second-order valence-corrected chi connectivity index (χ2v) is 9.78. The molecule has 3 heterocycles. The van der Waals surface area contributed by atoms with Gasteiger partial charge in [-0.15, -0.1) is 0 Å². The van der Waals surface area contributed by atoms with Crippen LogP contribution < -0.4 is 20.3 Å². The Labute approximate surface area is 227 Å². The van der Waals surface area contributed by atoms with Gasteiger partial charge in [0.05, 0.1) is 14.2 Å². The smallest absolute Gasteiger partial charge is 0.270 e. The summed E-state index contributed by atoms with van der Waals surface area (Å²) in [6.45, 7) is 1.57. The zero-order valence-corrected chi connectivity index (χ0v) is 22.0. The highest BCUT2D eigenvalue weighted by molar-refractivity contribution is 6.03. The van der Waals surface area contributed by atoms with Gasteiger partial charge in [0.2, 0.25) is 0 Å². The summed E-state index contributed by atoms with van der Waals surface area (Å²) in [4.78, 5) is 41.2. The summed E-state index contributed by atoms with van der Waals surface area (Å²) in [6.07, 6.45) is 6.11. The zero-order valence-electron chi connectivity index (χ0n) is 22.0. The van der Waals surface area contributed by atoms with Gasteiger partial charge in [0, 0.05) is 48.4 Å². The van der Waals surface area contributed by atoms with E-state index >= 15 is 0 Å². The first kappa shape index (κ1) is 26.0. The Morgan fingerprint density at radius 2 is 1.77 bits per heavy atom. The van der Waals surface area contributed by atoms with Crippen molar-refractivity contribution in [2.45, 2.75) is 18.9 Å². The molecule has 200 valence electrons. The van der Waals surface area contributed by atoms with E-state index in [1.807, 2.05) is 41.0 Å². The highest BCUT2D eigenvalue weighted by atomic mass is 16.5. The van der Waals surface area contributed by atoms with Gasteiger partial charge in [0.15, 0.2) is 0 Å². The second kappa shape index (κ2) is 11.4. The molecule has 1 fully saturated rings. The van der Waals surface area contributed by atoms with E-state index < -0.39 is 5.91 Å². The molecule has 1 saturated heterocycles. The molecule has 8 nitrogen and oxygen atoms in total. The summed E-state index contributed by atoms with van der Waals surface area (Å²) in [6, 6.07) is 19.7. The van der Waals surface area contributed by atoms with E-state index in [4.69, 9.17) is 9.47 Å². The number of rotatable bonds is 7. The van der Waals surface area contributed by atoms with Crippen LogP contribution in [0.1, 0.15) is 34.0 Å². The quantitative estimate of drug-likeness (QED) is 0.374. The first-order chi connectivity index (χ1) is 19.0. The maximum Gasteiger partial charge on any atom is 0.270 e. The van der Waals surface area contributed by atoms with E-state index in [1.54, 1.807) is 60.6 Å². The standard InChI is InChI=1S/C31H31N3O5/c1-38-25-11-5-10-23(17-25)30(36)32-26(12-6-9-22-8-3-4-14-28(22)39-2)31(37)33-18-21-16-24(20-33)27-13-7-15-29(35)34(27)19-21/h3-15,17,21,24H,16,18-20H2,1-2H3,(H,32,36)/b9-6+,26-12-. The van der Waals surface area contributed by atoms with Crippen molar-refractivity contribution in [3.05, 3.63) is 112 Å². The molecule has 2 aromatic carbocycles. The monoisotopic (exact) mass is 525 g/mol. The molecule has 1 aromatic heterocycles. The predicted molar refractivity (Wildman–Crippen MR) is 149 cm³/mol. The molecule has 2 aliphatic rings. The Morgan fingerprint density at radius 1 is 0.949 bits per heavy atom. The van der Waals surface area contributed by atoms with Crippen LogP contribution in [0.3, 0.4) is 0 Å². The lowest BCUT2D eigenvalue weighted by atomic mass is 9.83. The first-order valence-electron chi connectivity index (χ1n) is 12.9. The molecular formula is C31H31N3O5. The number of likely N-dealkylation sites (tertiary alicyclic amines) is 1. The summed E-state index contributed by atoms with van der Waals surface area (Å²) in [5.74, 6) is 0.807. The van der Waals surface area contributed by atoms with Crippen molar-refractivity contribution < 1.29 is 19.1 Å². The number of aromatic nitrogens is 1. The summed E-state index contributed by atoms with van der Waals surface area (Å²) < 4.78 is 12.5. The Balaban J connectivity index is 1.43. The molecule has 0 spiro atoms. The average molecular weight is 526 g/mol. The fraction of sp³-hybridized carbons (Fsp3) is 0.258. The number of methoxy groups -OCH3 is 2. The van der Waals surface area contributed by atoms with Crippen molar-refractivity contribution in [3.63, 3.8) is 0 Å². The molecule has 2 bridgehead atoms. The fourth-order valence-electron chi connectivity index (χ4n) is 5.41. The van der Waals surface area contributed by atoms with E-state index in [0.717, 1.165) is 17.7 Å². The van der Waals surface area contributed by atoms with Crippen LogP contribution >= 0.6 is 0 Å². The fourth-order valence-corrected chi connectivity index (χ4v) is 5.41. The Morgan fingerprint density at radius 3 is 2.59 bits per heavy atom. The summed E-state index contributed by atoms with van der Waals surface area (Å²) >= 11 is 0. The molecule has 5 rings (SSSR count). The molecule has 2 aliphatic heterocycles. The molecule has 0 saturated carbocycles. The van der Waals surface area contributed by atoms with Gasteiger partial charge in [-0.1, -0.05) is 42.5 Å². The van der Waals surface area contributed by atoms with Crippen LogP contribution in [0, 0.1) is 5.92 Å². The zero-order chi connectivity index (χ0) is 27.4. The van der Waals surface area contributed by atoms with Gasteiger partial charge in [-0.2, -0.15) is 0 Å². The van der Waals surface area contributed by atoms with E-state index in [9.17, 15) is 14.4 Å². The van der Waals surface area contributed by atoms with Crippen LogP contribution in [0.5, 0.6) is 11.5 Å². The number of amides is 2. The number of piperidine rings is 1. The van der Waals surface area contributed by atoms with Crippen LogP contribution in [-0.4, -0.2) is 48.6 Å². The minimum atomic E-state index is -0.409. The molecule has 1 N–H and O–H groups in total. The van der Waals surface area contributed by atoms with Gasteiger partial charge in [0.25, 0.3) is 17.4 Å². The summed E-state index contributed by atoms with van der Waals surface area (Å²) in [5.41, 5.74) is 2.34. The topological polar surface area (TPSA) is 89.9 Å². The third-order valence-corrected chi connectivity index (χ3v) is 7.26. The molecule has 3 aromatic rings. The average Bonchev–Trinajstić information content (AvgIpc) is 2.97. The maximum absolute atomic E-state index is 13.9. The lowest BCUT2D eigenvalue weighted by Gasteiger charge is -2.42. The number of benzene rings is 2. The van der Waals surface area contributed by atoms with Crippen molar-refractivity contribution >= 4 is 17.9 Å². The van der Waals surface area contributed by atoms with Gasteiger partial charge < -0.3 is 24.3 Å². The number of allylic oxidation sites excluding steroid dienone is 2. The molecule has 0 aliphatic carbocycles. The van der Waals surface area contributed by atoms with Crippen molar-refractivity contribution in [2.75, 3.05) is 27.3 Å². The number of hydrogen-bond donors (Lipinski definition) is 1. The SMILES string of the molecule is COc1cccc(C(=O)N/C(=C\C=C\c2ccccc2OC)C(=O)N2CC3CC(C2)c2cccc(=O)n2C3)c1. The van der Waals surface area contributed by atoms with Crippen LogP contribution in [0.4, 0.5) is 0 Å². The van der Waals surface area contributed by atoms with E-state index in [0.29, 0.717) is 36.7 Å². The predicted octanol–water partition coefficient (Wildman–Crippen LogP) is 3.84. The molecule has 2 amide bonds. The van der Waals surface area contributed by atoms with Crippen molar-refractivity contribution in [2.24, 2.45) is 5.92 Å². The van der Waals surface area contributed by atoms with E-state index in [-0.39, 0.29) is 29.0 Å². The third kappa shape index (κ3) is 5.65. The number of carbonyl (C=O) groups is 2. The minimum Gasteiger partial charge on any atom is -0.497 e. The minimum absolute atomic E-state index is 0.00501. The van der Waals surface area contributed by atoms with Gasteiger partial charge in [-0.3, -0.25) is 14.4 Å². The number of pyridine rings is 1.